The molecular formula is C26H26F6K2N2O8S2. The molecule has 4 aliphatic carbocycles. The fraction of sp³-hybridized carbons (Fsp3) is 0.500. The van der Waals surface area contributed by atoms with Crippen LogP contribution < -0.4 is 113 Å². The molecule has 0 N–H and O–H groups in total. The van der Waals surface area contributed by atoms with Gasteiger partial charge in [0, 0.05) is 16.9 Å². The largest absolute Gasteiger partial charge is 1.00 e. The van der Waals surface area contributed by atoms with Crippen LogP contribution in [0.25, 0.3) is 6.08 Å². The second kappa shape index (κ2) is 15.8. The molecule has 0 amide bonds. The SMILES string of the molecule is C=C(C)C(=O)OC12CC3CC(C1)CC(C([O-])=NS(=O)(=O)C(F)(F)F)(C3)C2.C=Cc1ccc(C([O-])=NS(=O)(=O)C(F)(F)F)cc1.[K+].[K+]. The normalized spacial score (nSPS) is 26.1. The fourth-order valence-corrected chi connectivity index (χ4v) is 7.01. The van der Waals surface area contributed by atoms with Crippen molar-refractivity contribution in [2.45, 2.75) is 62.1 Å². The number of hydrogen-bond donors (Lipinski definition) is 0. The van der Waals surface area contributed by atoms with Gasteiger partial charge in [-0.2, -0.15) is 52.0 Å². The number of hydrogen-bond acceptors (Lipinski definition) is 8. The van der Waals surface area contributed by atoms with Gasteiger partial charge in [-0.25, -0.2) is 4.79 Å². The number of sulfonamides is 2. The van der Waals surface area contributed by atoms with Crippen molar-refractivity contribution in [1.82, 2.24) is 0 Å². The first-order valence-electron chi connectivity index (χ1n) is 12.7. The maximum Gasteiger partial charge on any atom is 1.00 e. The van der Waals surface area contributed by atoms with Crippen LogP contribution in [0, 0.1) is 17.3 Å². The molecule has 0 aliphatic heterocycles. The number of halogens is 6. The van der Waals surface area contributed by atoms with Gasteiger partial charge in [0.15, 0.2) is 0 Å². The van der Waals surface area contributed by atoms with Crippen molar-refractivity contribution in [2.24, 2.45) is 26.0 Å². The van der Waals surface area contributed by atoms with E-state index in [9.17, 15) is 58.2 Å². The molecule has 0 spiro atoms. The average molecular weight is 751 g/mol. The molecule has 4 aliphatic rings. The number of alkyl halides is 6. The minimum atomic E-state index is -5.89. The monoisotopic (exact) mass is 750 g/mol. The molecule has 1 aromatic carbocycles. The van der Waals surface area contributed by atoms with Crippen molar-refractivity contribution in [1.29, 1.82) is 0 Å². The van der Waals surface area contributed by atoms with Crippen molar-refractivity contribution in [2.75, 3.05) is 0 Å². The van der Waals surface area contributed by atoms with Crippen LogP contribution in [0.3, 0.4) is 0 Å². The van der Waals surface area contributed by atoms with Gasteiger partial charge < -0.3 is 14.9 Å². The summed E-state index contributed by atoms with van der Waals surface area (Å²) in [6.07, 6.45) is 3.82. The average Bonchev–Trinajstić information content (AvgIpc) is 2.86. The smallest absolute Gasteiger partial charge is 0.861 e. The van der Waals surface area contributed by atoms with E-state index < -0.39 is 59.8 Å². The summed E-state index contributed by atoms with van der Waals surface area (Å²) in [6.45, 7) is 8.44. The van der Waals surface area contributed by atoms with E-state index in [2.05, 4.69) is 22.0 Å². The van der Waals surface area contributed by atoms with Crippen molar-refractivity contribution in [3.63, 3.8) is 0 Å². The maximum atomic E-state index is 12.6. The molecule has 10 nitrogen and oxygen atoms in total. The van der Waals surface area contributed by atoms with Gasteiger partial charge in [0.25, 0.3) is 0 Å². The molecule has 1 aromatic rings. The molecule has 0 radical (unpaired) electrons. The number of nitrogens with zero attached hydrogens (tertiary/aromatic N) is 2. The molecule has 0 saturated heterocycles. The summed E-state index contributed by atoms with van der Waals surface area (Å²) in [7, 11) is -11.7. The van der Waals surface area contributed by atoms with E-state index in [1.807, 2.05) is 0 Å². The molecule has 4 saturated carbocycles. The number of benzene rings is 1. The van der Waals surface area contributed by atoms with E-state index in [1.165, 1.54) is 25.1 Å². The summed E-state index contributed by atoms with van der Waals surface area (Å²) in [6, 6.07) is 5.12. The zero-order valence-corrected chi connectivity index (χ0v) is 32.8. The zero-order chi connectivity index (χ0) is 33.5. The second-order valence-corrected chi connectivity index (χ2v) is 14.2. The molecular weight excluding hydrogens is 725 g/mol. The summed E-state index contributed by atoms with van der Waals surface area (Å²) >= 11 is 0. The van der Waals surface area contributed by atoms with E-state index in [0.29, 0.717) is 18.4 Å². The first-order chi connectivity index (χ1) is 19.9. The van der Waals surface area contributed by atoms with Crippen LogP contribution in [0.5, 0.6) is 0 Å². The van der Waals surface area contributed by atoms with Crippen LogP contribution >= 0.6 is 0 Å². The topological polar surface area (TPSA) is 165 Å². The van der Waals surface area contributed by atoms with E-state index in [4.69, 9.17) is 4.74 Å². The quantitative estimate of drug-likeness (QED) is 0.0729. The number of carbonyl (C=O) groups excluding carboxylic acids is 1. The van der Waals surface area contributed by atoms with Crippen molar-refractivity contribution in [3.05, 3.63) is 54.1 Å². The van der Waals surface area contributed by atoms with Crippen LogP contribution in [-0.2, 0) is 29.6 Å². The van der Waals surface area contributed by atoms with Crippen LogP contribution in [0.2, 0.25) is 0 Å². The molecule has 2 unspecified atom stereocenters. The zero-order valence-electron chi connectivity index (χ0n) is 24.9. The fourth-order valence-electron chi connectivity index (χ4n) is 6.07. The first-order valence-corrected chi connectivity index (χ1v) is 15.6. The summed E-state index contributed by atoms with van der Waals surface area (Å²) in [5.74, 6) is -3.39. The molecule has 0 aromatic heterocycles. The minimum absolute atomic E-state index is 0. The van der Waals surface area contributed by atoms with Crippen LogP contribution in [0.1, 0.15) is 56.6 Å². The van der Waals surface area contributed by atoms with E-state index in [-0.39, 0.29) is 145 Å². The summed E-state index contributed by atoms with van der Waals surface area (Å²) in [4.78, 5) is 12.0. The number of rotatable bonds is 7. The minimum Gasteiger partial charge on any atom is -0.861 e. The van der Waals surface area contributed by atoms with Gasteiger partial charge in [-0.1, -0.05) is 43.5 Å². The molecule has 46 heavy (non-hydrogen) atoms. The van der Waals surface area contributed by atoms with Crippen LogP contribution in [-0.4, -0.2) is 51.2 Å². The Hall–Kier alpha value is -0.137. The Labute approximate surface area is 346 Å². The second-order valence-electron chi connectivity index (χ2n) is 11.1. The third kappa shape index (κ3) is 10.2. The van der Waals surface area contributed by atoms with E-state index in [0.717, 1.165) is 18.6 Å². The van der Waals surface area contributed by atoms with Gasteiger partial charge in [0.1, 0.15) is 5.60 Å². The first kappa shape index (κ1) is 43.9. The molecule has 4 bridgehead atoms. The van der Waals surface area contributed by atoms with Crippen LogP contribution in [0.4, 0.5) is 26.3 Å². The summed E-state index contributed by atoms with van der Waals surface area (Å²) in [5.41, 5.74) is -12.9. The van der Waals surface area contributed by atoms with Crippen molar-refractivity contribution in [3.8, 4) is 0 Å². The Bertz CT molecular complexity index is 1600. The molecule has 20 heteroatoms. The molecule has 244 valence electrons. The third-order valence-electron chi connectivity index (χ3n) is 7.50. The van der Waals surface area contributed by atoms with Crippen molar-refractivity contribution < 1.29 is 166 Å². The Morgan fingerprint density at radius 1 is 0.913 bits per heavy atom. The summed E-state index contributed by atoms with van der Waals surface area (Å²) in [5, 5.41) is 23.8. The molecule has 2 atom stereocenters. The van der Waals surface area contributed by atoms with E-state index >= 15 is 0 Å². The Balaban J connectivity index is 0.000000470. The van der Waals surface area contributed by atoms with Gasteiger partial charge in [-0.3, -0.25) is 0 Å². The number of ether oxygens (including phenoxy) is 1. The molecule has 4 fully saturated rings. The van der Waals surface area contributed by atoms with Gasteiger partial charge in [-0.05, 0) is 74.3 Å². The summed E-state index contributed by atoms with van der Waals surface area (Å²) < 4.78 is 128. The Morgan fingerprint density at radius 2 is 1.37 bits per heavy atom. The standard InChI is InChI=1S/C16H20F3NO5S.C10H8F3NO3S.2K/c1-9(2)12(21)25-15-6-10-3-11(7-15)5-14(4-10,8-15)13(22)20-26(23,24)16(17,18)19;1-2-7-3-5-8(6-4-7)9(15)14-18(16,17)10(11,12)13;;/h10-11H,1,3-8H2,2H3,(H,20,22);2-6H,1H2,(H,14,15);;/q;;2*+1/p-2. The van der Waals surface area contributed by atoms with Crippen molar-refractivity contribution >= 4 is 43.9 Å². The van der Waals surface area contributed by atoms with Gasteiger partial charge in [0.05, 0.1) is 0 Å². The predicted octanol–water partition coefficient (Wildman–Crippen LogP) is -2.65. The molecule has 0 heterocycles. The van der Waals surface area contributed by atoms with Gasteiger partial charge in [-0.15, -0.1) is 0 Å². The Kier molecular flexibility index (Phi) is 15.1. The van der Waals surface area contributed by atoms with Gasteiger partial charge in [0.2, 0.25) is 0 Å². The predicted molar refractivity (Wildman–Crippen MR) is 141 cm³/mol. The molecule has 5 rings (SSSR count). The van der Waals surface area contributed by atoms with Gasteiger partial charge >= 0.3 is 140 Å². The van der Waals surface area contributed by atoms with E-state index in [1.54, 1.807) is 0 Å². The van der Waals surface area contributed by atoms with Crippen LogP contribution in [0.15, 0.2) is 51.8 Å². The maximum absolute atomic E-state index is 12.6. The Morgan fingerprint density at radius 3 is 1.78 bits per heavy atom. The number of carbonyl (C=O) groups is 1. The third-order valence-corrected chi connectivity index (χ3v) is 9.49. The number of esters is 1.